The van der Waals surface area contributed by atoms with Crippen molar-refractivity contribution in [2.45, 2.75) is 50.7 Å². The SMILES string of the molecule is CC[C@@]12CCOC([C@H](n3cc(C)c(N)nc3=O)O1)[C@H]2OP(O)(=S)OC. The molecule has 5 atom stereocenters. The Labute approximate surface area is 150 Å². The summed E-state index contributed by atoms with van der Waals surface area (Å²) in [5, 5.41) is 0. The average molecular weight is 391 g/mol. The number of hydrogen-bond acceptors (Lipinski definition) is 8. The van der Waals surface area contributed by atoms with E-state index in [1.165, 1.54) is 11.7 Å². The maximum atomic E-state index is 12.3. The number of nitrogens with zero attached hydrogens (tertiary/aromatic N) is 2. The predicted octanol–water partition coefficient (Wildman–Crippen LogP) is 0.849. The number of rotatable bonds is 5. The van der Waals surface area contributed by atoms with Crippen molar-refractivity contribution in [2.75, 3.05) is 19.5 Å². The molecule has 2 saturated heterocycles. The summed E-state index contributed by atoms with van der Waals surface area (Å²) in [7, 11) is 1.29. The number of anilines is 1. The summed E-state index contributed by atoms with van der Waals surface area (Å²) in [4.78, 5) is 26.2. The molecule has 2 bridgehead atoms. The Morgan fingerprint density at radius 2 is 2.36 bits per heavy atom. The average Bonchev–Trinajstić information content (AvgIpc) is 2.73. The summed E-state index contributed by atoms with van der Waals surface area (Å²) in [6.07, 6.45) is 0.710. The first-order valence-electron chi connectivity index (χ1n) is 7.94. The van der Waals surface area contributed by atoms with Crippen LogP contribution in [0.5, 0.6) is 0 Å². The van der Waals surface area contributed by atoms with Gasteiger partial charge in [0, 0.05) is 25.3 Å². The molecule has 0 amide bonds. The summed E-state index contributed by atoms with van der Waals surface area (Å²) in [6, 6.07) is 0. The largest absolute Gasteiger partial charge is 0.383 e. The molecule has 3 N–H and O–H groups in total. The van der Waals surface area contributed by atoms with E-state index in [9.17, 15) is 9.69 Å². The van der Waals surface area contributed by atoms with Gasteiger partial charge in [-0.05, 0) is 25.2 Å². The smallest absolute Gasteiger partial charge is 0.351 e. The molecule has 2 aliphatic heterocycles. The molecule has 9 nitrogen and oxygen atoms in total. The minimum Gasteiger partial charge on any atom is -0.383 e. The lowest BCUT2D eigenvalue weighted by atomic mass is 9.87. The third kappa shape index (κ3) is 3.28. The van der Waals surface area contributed by atoms with Crippen LogP contribution in [0.1, 0.15) is 31.6 Å². The molecule has 0 aliphatic carbocycles. The van der Waals surface area contributed by atoms with E-state index in [2.05, 4.69) is 4.98 Å². The quantitative estimate of drug-likeness (QED) is 0.704. The number of fused-ring (bicyclic) bond motifs is 2. The first kappa shape index (κ1) is 18.9. The number of ether oxygens (including phenoxy) is 2. The van der Waals surface area contributed by atoms with Crippen LogP contribution in [0.25, 0.3) is 0 Å². The summed E-state index contributed by atoms with van der Waals surface area (Å²) in [6.45, 7) is 0.722. The van der Waals surface area contributed by atoms with E-state index >= 15 is 0 Å². The highest BCUT2D eigenvalue weighted by molar-refractivity contribution is 8.07. The van der Waals surface area contributed by atoms with Crippen molar-refractivity contribution in [1.82, 2.24) is 9.55 Å². The molecule has 0 spiro atoms. The molecular weight excluding hydrogens is 369 g/mol. The molecule has 11 heteroatoms. The molecule has 0 aromatic carbocycles. The maximum absolute atomic E-state index is 12.3. The van der Waals surface area contributed by atoms with Gasteiger partial charge in [0.1, 0.15) is 23.6 Å². The van der Waals surface area contributed by atoms with Crippen molar-refractivity contribution in [2.24, 2.45) is 0 Å². The van der Waals surface area contributed by atoms with Crippen LogP contribution >= 0.6 is 6.72 Å². The van der Waals surface area contributed by atoms with Gasteiger partial charge in [-0.25, -0.2) is 4.79 Å². The Hall–Kier alpha value is -0.870. The second-order valence-electron chi connectivity index (χ2n) is 6.19. The fraction of sp³-hybridized carbons (Fsp3) is 0.714. The molecule has 25 heavy (non-hydrogen) atoms. The zero-order chi connectivity index (χ0) is 18.4. The van der Waals surface area contributed by atoms with Crippen molar-refractivity contribution >= 4 is 24.3 Å². The van der Waals surface area contributed by atoms with Crippen molar-refractivity contribution in [3.8, 4) is 0 Å². The third-order valence-electron chi connectivity index (χ3n) is 4.81. The van der Waals surface area contributed by atoms with Gasteiger partial charge in [0.25, 0.3) is 0 Å². The summed E-state index contributed by atoms with van der Waals surface area (Å²) in [5.74, 6) is 0.173. The predicted molar refractivity (Wildman–Crippen MR) is 93.5 cm³/mol. The fourth-order valence-corrected chi connectivity index (χ4v) is 4.31. The van der Waals surface area contributed by atoms with Crippen molar-refractivity contribution in [3.63, 3.8) is 0 Å². The highest BCUT2D eigenvalue weighted by Gasteiger charge is 2.60. The van der Waals surface area contributed by atoms with Crippen molar-refractivity contribution in [3.05, 3.63) is 22.2 Å². The fourth-order valence-electron chi connectivity index (χ4n) is 3.34. The van der Waals surface area contributed by atoms with Gasteiger partial charge >= 0.3 is 12.4 Å². The topological polar surface area (TPSA) is 118 Å². The normalized spacial score (nSPS) is 34.0. The van der Waals surface area contributed by atoms with Crippen molar-refractivity contribution < 1.29 is 23.4 Å². The molecular formula is C14H22N3O6PS. The standard InChI is InChI=1S/C14H22N3O6PS/c1-4-14-5-6-21-9(10(14)23-24(19,25)20-3)12(22-14)17-7-8(2)11(15)16-13(17)18/h7,9-10,12H,4-6H2,1-3H3,(H,19,25)(H2,15,16,18)/t9?,10-,12-,14+,24?/m1/s1. The Kier molecular flexibility index (Phi) is 5.06. The molecule has 2 unspecified atom stereocenters. The molecule has 3 heterocycles. The Morgan fingerprint density at radius 3 is 3.00 bits per heavy atom. The Morgan fingerprint density at radius 1 is 1.64 bits per heavy atom. The molecule has 1 aromatic rings. The summed E-state index contributed by atoms with van der Waals surface area (Å²) in [5.41, 5.74) is 5.08. The number of nitrogens with two attached hydrogens (primary N) is 1. The van der Waals surface area contributed by atoms with Crippen molar-refractivity contribution in [1.29, 1.82) is 0 Å². The Balaban J connectivity index is 2.02. The van der Waals surface area contributed by atoms with E-state index in [-0.39, 0.29) is 5.82 Å². The van der Waals surface area contributed by atoms with E-state index in [1.54, 1.807) is 13.1 Å². The molecule has 2 aliphatic rings. The van der Waals surface area contributed by atoms with Gasteiger partial charge in [0.15, 0.2) is 6.23 Å². The van der Waals surface area contributed by atoms with Gasteiger partial charge in [0.2, 0.25) is 0 Å². The van der Waals surface area contributed by atoms with Crippen LogP contribution in [0.15, 0.2) is 11.0 Å². The zero-order valence-electron chi connectivity index (χ0n) is 14.2. The number of aryl methyl sites for hydroxylation is 1. The van der Waals surface area contributed by atoms with Crippen LogP contribution in [0.4, 0.5) is 5.82 Å². The monoisotopic (exact) mass is 391 g/mol. The van der Waals surface area contributed by atoms with Gasteiger partial charge in [-0.2, -0.15) is 4.98 Å². The molecule has 1 aromatic heterocycles. The number of aromatic nitrogens is 2. The Bertz CT molecular complexity index is 773. The van der Waals surface area contributed by atoms with E-state index in [0.29, 0.717) is 25.0 Å². The van der Waals surface area contributed by atoms with Gasteiger partial charge in [-0.15, -0.1) is 0 Å². The lowest BCUT2D eigenvalue weighted by Gasteiger charge is -2.38. The van der Waals surface area contributed by atoms with Crippen LogP contribution in [-0.2, 0) is 30.3 Å². The van der Waals surface area contributed by atoms with E-state index in [0.717, 1.165) is 0 Å². The molecule has 0 saturated carbocycles. The maximum Gasteiger partial charge on any atom is 0.351 e. The van der Waals surface area contributed by atoms with Crippen LogP contribution in [0.2, 0.25) is 0 Å². The molecule has 0 radical (unpaired) electrons. The van der Waals surface area contributed by atoms with Gasteiger partial charge in [-0.1, -0.05) is 6.92 Å². The molecule has 140 valence electrons. The third-order valence-corrected chi connectivity index (χ3v) is 6.47. The first-order chi connectivity index (χ1) is 11.7. The van der Waals surface area contributed by atoms with Crippen LogP contribution < -0.4 is 11.4 Å². The minimum absolute atomic E-state index is 0.173. The van der Waals surface area contributed by atoms with Gasteiger partial charge < -0.3 is 24.6 Å². The van der Waals surface area contributed by atoms with Gasteiger partial charge in [-0.3, -0.25) is 9.09 Å². The lowest BCUT2D eigenvalue weighted by Crippen LogP contribution is -2.49. The van der Waals surface area contributed by atoms with Gasteiger partial charge in [0.05, 0.1) is 6.61 Å². The summed E-state index contributed by atoms with van der Waals surface area (Å²) >= 11 is 4.99. The van der Waals surface area contributed by atoms with Crippen LogP contribution in [0.3, 0.4) is 0 Å². The highest BCUT2D eigenvalue weighted by atomic mass is 32.5. The number of hydrogen-bond donors (Lipinski definition) is 2. The van der Waals surface area contributed by atoms with Crippen LogP contribution in [0, 0.1) is 6.92 Å². The summed E-state index contributed by atoms with van der Waals surface area (Å²) < 4.78 is 24.0. The lowest BCUT2D eigenvalue weighted by molar-refractivity contribution is -0.117. The van der Waals surface area contributed by atoms with E-state index in [4.69, 9.17) is 36.1 Å². The van der Waals surface area contributed by atoms with E-state index < -0.39 is 36.4 Å². The molecule has 2 fully saturated rings. The number of nitrogen functional groups attached to an aromatic ring is 1. The second-order valence-corrected chi connectivity index (χ2v) is 9.09. The van der Waals surface area contributed by atoms with Crippen LogP contribution in [-0.4, -0.2) is 46.0 Å². The first-order valence-corrected chi connectivity index (χ1v) is 10.5. The minimum atomic E-state index is -3.43. The molecule has 3 rings (SSSR count). The highest BCUT2D eigenvalue weighted by Crippen LogP contribution is 2.54. The van der Waals surface area contributed by atoms with E-state index in [1.807, 2.05) is 6.92 Å². The second kappa shape index (κ2) is 6.70. The zero-order valence-corrected chi connectivity index (χ0v) is 16.0.